The summed E-state index contributed by atoms with van der Waals surface area (Å²) in [6.07, 6.45) is 3.96. The Balaban J connectivity index is 1.83. The zero-order valence-corrected chi connectivity index (χ0v) is 12.0. The molecule has 0 atom stereocenters. The van der Waals surface area contributed by atoms with Gasteiger partial charge in [-0.15, -0.1) is 0 Å². The van der Waals surface area contributed by atoms with Crippen LogP contribution in [0.2, 0.25) is 0 Å². The van der Waals surface area contributed by atoms with E-state index in [0.29, 0.717) is 18.5 Å². The highest BCUT2D eigenvalue weighted by Gasteiger charge is 2.15. The predicted octanol–water partition coefficient (Wildman–Crippen LogP) is 2.68. The number of anilines is 1. The monoisotopic (exact) mass is 271 g/mol. The van der Waals surface area contributed by atoms with E-state index in [9.17, 15) is 4.79 Å². The van der Waals surface area contributed by atoms with E-state index in [1.54, 1.807) is 0 Å². The summed E-state index contributed by atoms with van der Waals surface area (Å²) in [6.45, 7) is 4.33. The van der Waals surface area contributed by atoms with E-state index in [-0.39, 0.29) is 5.91 Å². The molecule has 1 aromatic carbocycles. The third kappa shape index (κ3) is 3.74. The van der Waals surface area contributed by atoms with Crippen molar-refractivity contribution in [3.05, 3.63) is 29.3 Å². The molecule has 0 bridgehead atoms. The lowest BCUT2D eigenvalue weighted by molar-refractivity contribution is -0.131. The first-order chi connectivity index (χ1) is 9.70. The fraction of sp³-hybridized carbons (Fsp3) is 0.500. The summed E-state index contributed by atoms with van der Waals surface area (Å²) in [6, 6.07) is 7.91. The number of benzene rings is 1. The minimum Gasteiger partial charge on any atom is -0.383 e. The maximum absolute atomic E-state index is 12.0. The largest absolute Gasteiger partial charge is 0.383 e. The second-order valence-corrected chi connectivity index (χ2v) is 5.28. The van der Waals surface area contributed by atoms with Gasteiger partial charge in [-0.25, -0.2) is 0 Å². The number of hydrogen-bond donors (Lipinski definition) is 1. The van der Waals surface area contributed by atoms with Crippen molar-refractivity contribution in [1.29, 1.82) is 5.26 Å². The van der Waals surface area contributed by atoms with Crippen molar-refractivity contribution < 1.29 is 4.79 Å². The van der Waals surface area contributed by atoms with Crippen LogP contribution in [0.3, 0.4) is 0 Å². The quantitative estimate of drug-likeness (QED) is 0.916. The molecule has 2 rings (SSSR count). The van der Waals surface area contributed by atoms with Gasteiger partial charge in [-0.05, 0) is 43.9 Å². The van der Waals surface area contributed by atoms with E-state index < -0.39 is 0 Å². The number of nitrogens with one attached hydrogen (secondary N) is 1. The fourth-order valence-electron chi connectivity index (χ4n) is 2.51. The number of hydrogen-bond acceptors (Lipinski definition) is 3. The van der Waals surface area contributed by atoms with Gasteiger partial charge in [-0.1, -0.05) is 6.07 Å². The van der Waals surface area contributed by atoms with Crippen LogP contribution in [0.25, 0.3) is 0 Å². The van der Waals surface area contributed by atoms with Crippen molar-refractivity contribution in [1.82, 2.24) is 4.90 Å². The van der Waals surface area contributed by atoms with Crippen LogP contribution < -0.4 is 5.32 Å². The summed E-state index contributed by atoms with van der Waals surface area (Å²) in [7, 11) is 0. The molecule has 106 valence electrons. The van der Waals surface area contributed by atoms with Gasteiger partial charge in [0.1, 0.15) is 6.07 Å². The minimum absolute atomic E-state index is 0.211. The highest BCUT2D eigenvalue weighted by molar-refractivity contribution is 5.77. The van der Waals surface area contributed by atoms with Crippen LogP contribution in [0.5, 0.6) is 0 Å². The van der Waals surface area contributed by atoms with E-state index >= 15 is 0 Å². The van der Waals surface area contributed by atoms with Crippen molar-refractivity contribution in [2.75, 3.05) is 25.0 Å². The molecule has 1 aliphatic heterocycles. The third-order valence-corrected chi connectivity index (χ3v) is 3.66. The summed E-state index contributed by atoms with van der Waals surface area (Å²) in [5, 5.41) is 12.3. The molecule has 1 amide bonds. The van der Waals surface area contributed by atoms with Crippen LogP contribution in [0.4, 0.5) is 5.69 Å². The van der Waals surface area contributed by atoms with E-state index in [4.69, 9.17) is 5.26 Å². The molecule has 0 spiro atoms. The van der Waals surface area contributed by atoms with Crippen LogP contribution in [0.15, 0.2) is 18.2 Å². The van der Waals surface area contributed by atoms with Gasteiger partial charge in [0.2, 0.25) is 5.91 Å². The Hall–Kier alpha value is -2.02. The summed E-state index contributed by atoms with van der Waals surface area (Å²) in [5.74, 6) is 0.211. The number of rotatable bonds is 4. The SMILES string of the molecule is Cc1ccc(NCCC(=O)N2CCCCC2)c(C#N)c1. The first-order valence-corrected chi connectivity index (χ1v) is 7.23. The molecular formula is C16H21N3O. The lowest BCUT2D eigenvalue weighted by Crippen LogP contribution is -2.36. The molecule has 1 aliphatic rings. The summed E-state index contributed by atoms with van der Waals surface area (Å²) < 4.78 is 0. The average Bonchev–Trinajstić information content (AvgIpc) is 2.49. The number of carbonyl (C=O) groups is 1. The van der Waals surface area contributed by atoms with Gasteiger partial charge in [0.05, 0.1) is 11.3 Å². The molecule has 0 aromatic heterocycles. The zero-order chi connectivity index (χ0) is 14.4. The van der Waals surface area contributed by atoms with Crippen molar-refractivity contribution >= 4 is 11.6 Å². The molecule has 1 saturated heterocycles. The van der Waals surface area contributed by atoms with Gasteiger partial charge in [0, 0.05) is 26.1 Å². The van der Waals surface area contributed by atoms with Gasteiger partial charge in [0.25, 0.3) is 0 Å². The number of carbonyl (C=O) groups excluding carboxylic acids is 1. The van der Waals surface area contributed by atoms with Crippen molar-refractivity contribution in [3.63, 3.8) is 0 Å². The Labute approximate surface area is 120 Å². The maximum atomic E-state index is 12.0. The number of amides is 1. The third-order valence-electron chi connectivity index (χ3n) is 3.66. The van der Waals surface area contributed by atoms with Gasteiger partial charge in [-0.3, -0.25) is 4.79 Å². The Morgan fingerprint density at radius 1 is 1.35 bits per heavy atom. The van der Waals surface area contributed by atoms with Crippen molar-refractivity contribution in [2.24, 2.45) is 0 Å². The van der Waals surface area contributed by atoms with Crippen LogP contribution in [-0.2, 0) is 4.79 Å². The smallest absolute Gasteiger partial charge is 0.224 e. The number of nitrogens with zero attached hydrogens (tertiary/aromatic N) is 2. The molecule has 1 N–H and O–H groups in total. The lowest BCUT2D eigenvalue weighted by atomic mass is 10.1. The van der Waals surface area contributed by atoms with Crippen LogP contribution >= 0.6 is 0 Å². The molecular weight excluding hydrogens is 250 g/mol. The van der Waals surface area contributed by atoms with E-state index in [2.05, 4.69) is 11.4 Å². The van der Waals surface area contributed by atoms with Gasteiger partial charge in [-0.2, -0.15) is 5.26 Å². The highest BCUT2D eigenvalue weighted by Crippen LogP contribution is 2.16. The average molecular weight is 271 g/mol. The second kappa shape index (κ2) is 6.95. The molecule has 0 aliphatic carbocycles. The number of piperidine rings is 1. The Morgan fingerprint density at radius 3 is 2.80 bits per heavy atom. The minimum atomic E-state index is 0.211. The molecule has 4 heteroatoms. The number of likely N-dealkylation sites (tertiary alicyclic amines) is 1. The molecule has 1 fully saturated rings. The lowest BCUT2D eigenvalue weighted by Gasteiger charge is -2.26. The fourth-order valence-corrected chi connectivity index (χ4v) is 2.51. The van der Waals surface area contributed by atoms with Crippen LogP contribution in [-0.4, -0.2) is 30.4 Å². The zero-order valence-electron chi connectivity index (χ0n) is 12.0. The molecule has 0 radical (unpaired) electrons. The first kappa shape index (κ1) is 14.4. The summed E-state index contributed by atoms with van der Waals surface area (Å²) >= 11 is 0. The summed E-state index contributed by atoms with van der Waals surface area (Å²) in [4.78, 5) is 14.0. The van der Waals surface area contributed by atoms with Crippen molar-refractivity contribution in [2.45, 2.75) is 32.6 Å². The van der Waals surface area contributed by atoms with E-state index in [1.807, 2.05) is 30.0 Å². The standard InChI is InChI=1S/C16H21N3O/c1-13-5-6-15(14(11-13)12-17)18-8-7-16(20)19-9-3-2-4-10-19/h5-6,11,18H,2-4,7-10H2,1H3. The summed E-state index contributed by atoms with van der Waals surface area (Å²) in [5.41, 5.74) is 2.51. The molecule has 1 aromatic rings. The molecule has 0 saturated carbocycles. The van der Waals surface area contributed by atoms with E-state index in [1.165, 1.54) is 6.42 Å². The van der Waals surface area contributed by atoms with Gasteiger partial charge >= 0.3 is 0 Å². The van der Waals surface area contributed by atoms with Crippen LogP contribution in [0, 0.1) is 18.3 Å². The van der Waals surface area contributed by atoms with Crippen molar-refractivity contribution in [3.8, 4) is 6.07 Å². The molecule has 4 nitrogen and oxygen atoms in total. The van der Waals surface area contributed by atoms with E-state index in [0.717, 1.165) is 37.2 Å². The topological polar surface area (TPSA) is 56.1 Å². The highest BCUT2D eigenvalue weighted by atomic mass is 16.2. The molecule has 1 heterocycles. The maximum Gasteiger partial charge on any atom is 0.224 e. The Morgan fingerprint density at radius 2 is 2.10 bits per heavy atom. The van der Waals surface area contributed by atoms with Crippen LogP contribution in [0.1, 0.15) is 36.8 Å². The predicted molar refractivity (Wildman–Crippen MR) is 79.4 cm³/mol. The molecule has 20 heavy (non-hydrogen) atoms. The molecule has 0 unspecified atom stereocenters. The van der Waals surface area contributed by atoms with Gasteiger partial charge in [0.15, 0.2) is 0 Å². The Bertz CT molecular complexity index is 513. The number of nitriles is 1. The second-order valence-electron chi connectivity index (χ2n) is 5.28. The number of aryl methyl sites for hydroxylation is 1. The first-order valence-electron chi connectivity index (χ1n) is 7.23. The Kier molecular flexibility index (Phi) is 5.00. The van der Waals surface area contributed by atoms with Gasteiger partial charge < -0.3 is 10.2 Å². The normalized spacial score (nSPS) is 14.7.